The first-order valence-corrected chi connectivity index (χ1v) is 11.9. The van der Waals surface area contributed by atoms with Crippen LogP contribution in [0.1, 0.15) is 59.3 Å². The highest BCUT2D eigenvalue weighted by molar-refractivity contribution is 7.19. The number of thiophene rings is 1. The molecule has 5 heteroatoms. The monoisotopic (exact) mass is 442 g/mol. The summed E-state index contributed by atoms with van der Waals surface area (Å²) in [5, 5.41) is 1.03. The first-order chi connectivity index (χ1) is 14.6. The fourth-order valence-corrected chi connectivity index (χ4v) is 6.00. The Morgan fingerprint density at radius 1 is 1.10 bits per heavy atom. The average molecular weight is 443 g/mol. The molecule has 0 aliphatic heterocycles. The summed E-state index contributed by atoms with van der Waals surface area (Å²) in [7, 11) is 1.68. The SMILES string of the molecule is COc1ccc2c(C(=O)c3ccc(OCCCl)cc3)c(C3CCCCC3C)sc2c1. The fraction of sp³-hybridized carbons (Fsp3) is 0.400. The Morgan fingerprint density at radius 2 is 1.83 bits per heavy atom. The molecule has 1 aliphatic carbocycles. The summed E-state index contributed by atoms with van der Waals surface area (Å²) in [5.74, 6) is 3.11. The summed E-state index contributed by atoms with van der Waals surface area (Å²) in [6, 6.07) is 13.4. The maximum absolute atomic E-state index is 13.7. The molecule has 0 saturated heterocycles. The zero-order chi connectivity index (χ0) is 21.1. The molecular formula is C25H27ClO3S. The molecule has 2 aromatic carbocycles. The summed E-state index contributed by atoms with van der Waals surface area (Å²) in [6.07, 6.45) is 4.88. The molecule has 0 spiro atoms. The molecule has 0 bridgehead atoms. The summed E-state index contributed by atoms with van der Waals surface area (Å²) >= 11 is 7.45. The van der Waals surface area contributed by atoms with Crippen molar-refractivity contribution in [2.24, 2.45) is 5.92 Å². The Hall–Kier alpha value is -2.04. The Balaban J connectivity index is 1.77. The van der Waals surface area contributed by atoms with Gasteiger partial charge in [-0.3, -0.25) is 4.79 Å². The number of fused-ring (bicyclic) bond motifs is 1. The molecule has 1 aliphatic rings. The third-order valence-corrected chi connectivity index (χ3v) is 7.50. The van der Waals surface area contributed by atoms with Crippen LogP contribution in [0.25, 0.3) is 10.1 Å². The van der Waals surface area contributed by atoms with Crippen molar-refractivity contribution in [2.75, 3.05) is 19.6 Å². The lowest BCUT2D eigenvalue weighted by molar-refractivity contribution is 0.103. The number of ether oxygens (including phenoxy) is 2. The molecular weight excluding hydrogens is 416 g/mol. The van der Waals surface area contributed by atoms with Gasteiger partial charge < -0.3 is 9.47 Å². The van der Waals surface area contributed by atoms with Gasteiger partial charge in [-0.15, -0.1) is 22.9 Å². The van der Waals surface area contributed by atoms with Crippen LogP contribution in [0.4, 0.5) is 0 Å². The molecule has 2 atom stereocenters. The lowest BCUT2D eigenvalue weighted by Crippen LogP contribution is -2.16. The molecule has 3 aromatic rings. The largest absolute Gasteiger partial charge is 0.497 e. The van der Waals surface area contributed by atoms with Gasteiger partial charge in [0.15, 0.2) is 5.78 Å². The Bertz CT molecular complexity index is 1020. The van der Waals surface area contributed by atoms with Crippen LogP contribution >= 0.6 is 22.9 Å². The quantitative estimate of drug-likeness (QED) is 0.290. The smallest absolute Gasteiger partial charge is 0.194 e. The lowest BCUT2D eigenvalue weighted by atomic mass is 9.78. The summed E-state index contributed by atoms with van der Waals surface area (Å²) in [4.78, 5) is 14.9. The van der Waals surface area contributed by atoms with Crippen molar-refractivity contribution in [1.29, 1.82) is 0 Å². The number of methoxy groups -OCH3 is 1. The van der Waals surface area contributed by atoms with Gasteiger partial charge in [-0.1, -0.05) is 26.2 Å². The molecule has 0 amide bonds. The van der Waals surface area contributed by atoms with E-state index in [1.807, 2.05) is 36.4 Å². The zero-order valence-electron chi connectivity index (χ0n) is 17.4. The van der Waals surface area contributed by atoms with Gasteiger partial charge in [0.1, 0.15) is 18.1 Å². The number of hydrogen-bond acceptors (Lipinski definition) is 4. The number of alkyl halides is 1. The molecule has 0 radical (unpaired) electrons. The minimum absolute atomic E-state index is 0.0862. The Labute approximate surface area is 187 Å². The van der Waals surface area contributed by atoms with Crippen molar-refractivity contribution in [2.45, 2.75) is 38.5 Å². The van der Waals surface area contributed by atoms with Crippen molar-refractivity contribution in [3.63, 3.8) is 0 Å². The van der Waals surface area contributed by atoms with E-state index in [2.05, 4.69) is 13.0 Å². The van der Waals surface area contributed by atoms with Crippen LogP contribution in [-0.2, 0) is 0 Å². The van der Waals surface area contributed by atoms with Crippen LogP contribution in [0.5, 0.6) is 11.5 Å². The van der Waals surface area contributed by atoms with Gasteiger partial charge in [0.05, 0.1) is 13.0 Å². The summed E-state index contributed by atoms with van der Waals surface area (Å²) in [5.41, 5.74) is 1.55. The molecule has 1 saturated carbocycles. The van der Waals surface area contributed by atoms with E-state index in [4.69, 9.17) is 21.1 Å². The third kappa shape index (κ3) is 4.21. The van der Waals surface area contributed by atoms with Gasteiger partial charge >= 0.3 is 0 Å². The Morgan fingerprint density at radius 3 is 2.53 bits per heavy atom. The fourth-order valence-electron chi connectivity index (χ4n) is 4.43. The number of ketones is 1. The van der Waals surface area contributed by atoms with E-state index in [1.54, 1.807) is 18.4 Å². The molecule has 1 heterocycles. The van der Waals surface area contributed by atoms with Gasteiger partial charge in [0, 0.05) is 26.1 Å². The first-order valence-electron chi connectivity index (χ1n) is 10.6. The highest BCUT2D eigenvalue weighted by Gasteiger charge is 2.30. The van der Waals surface area contributed by atoms with E-state index in [0.717, 1.165) is 33.6 Å². The highest BCUT2D eigenvalue weighted by Crippen LogP contribution is 2.46. The molecule has 1 aromatic heterocycles. The zero-order valence-corrected chi connectivity index (χ0v) is 19.0. The van der Waals surface area contributed by atoms with Crippen molar-refractivity contribution < 1.29 is 14.3 Å². The molecule has 4 rings (SSSR count). The van der Waals surface area contributed by atoms with Crippen molar-refractivity contribution in [3.05, 3.63) is 58.5 Å². The van der Waals surface area contributed by atoms with E-state index < -0.39 is 0 Å². The van der Waals surface area contributed by atoms with E-state index in [1.165, 1.54) is 24.1 Å². The molecule has 158 valence electrons. The summed E-state index contributed by atoms with van der Waals surface area (Å²) in [6.45, 7) is 2.78. The molecule has 0 N–H and O–H groups in total. The highest BCUT2D eigenvalue weighted by atomic mass is 35.5. The maximum atomic E-state index is 13.7. The second kappa shape index (κ2) is 9.40. The predicted molar refractivity (Wildman–Crippen MR) is 125 cm³/mol. The topological polar surface area (TPSA) is 35.5 Å². The molecule has 1 fully saturated rings. The predicted octanol–water partition coefficient (Wildman–Crippen LogP) is 7.05. The van der Waals surface area contributed by atoms with E-state index in [9.17, 15) is 4.79 Å². The van der Waals surface area contributed by atoms with Gasteiger partial charge in [-0.25, -0.2) is 0 Å². The van der Waals surface area contributed by atoms with Crippen molar-refractivity contribution >= 4 is 38.8 Å². The normalized spacial score (nSPS) is 19.0. The van der Waals surface area contributed by atoms with Crippen LogP contribution < -0.4 is 9.47 Å². The molecule has 3 nitrogen and oxygen atoms in total. The van der Waals surface area contributed by atoms with E-state index >= 15 is 0 Å². The van der Waals surface area contributed by atoms with Crippen molar-refractivity contribution in [1.82, 2.24) is 0 Å². The molecule has 2 unspecified atom stereocenters. The number of carbonyl (C=O) groups is 1. The van der Waals surface area contributed by atoms with E-state index in [0.29, 0.717) is 29.9 Å². The number of benzene rings is 2. The van der Waals surface area contributed by atoms with Crippen molar-refractivity contribution in [3.8, 4) is 11.5 Å². The Kier molecular flexibility index (Phi) is 6.64. The number of carbonyl (C=O) groups excluding carboxylic acids is 1. The minimum Gasteiger partial charge on any atom is -0.497 e. The minimum atomic E-state index is 0.0862. The number of halogens is 1. The maximum Gasteiger partial charge on any atom is 0.194 e. The second-order valence-electron chi connectivity index (χ2n) is 7.96. The van der Waals surface area contributed by atoms with Gasteiger partial charge in [0.25, 0.3) is 0 Å². The van der Waals surface area contributed by atoms with Crippen LogP contribution in [0.2, 0.25) is 0 Å². The van der Waals surface area contributed by atoms with Crippen LogP contribution in [0.3, 0.4) is 0 Å². The van der Waals surface area contributed by atoms with Crippen LogP contribution in [0, 0.1) is 5.92 Å². The van der Waals surface area contributed by atoms with Gasteiger partial charge in [-0.05, 0) is 60.7 Å². The number of hydrogen-bond donors (Lipinski definition) is 0. The molecule has 30 heavy (non-hydrogen) atoms. The average Bonchev–Trinajstić information content (AvgIpc) is 3.16. The lowest BCUT2D eigenvalue weighted by Gasteiger charge is -2.28. The standard InChI is InChI=1S/C25H27ClO3S/c1-16-5-3-4-6-20(16)25-23(21-12-11-19(28-2)15-22(21)30-25)24(27)17-7-9-18(10-8-17)29-14-13-26/h7-12,15-16,20H,3-6,13-14H2,1-2H3. The van der Waals surface area contributed by atoms with Crippen LogP contribution in [-0.4, -0.2) is 25.4 Å². The van der Waals surface area contributed by atoms with Gasteiger partial charge in [0.2, 0.25) is 0 Å². The first kappa shape index (κ1) is 21.2. The summed E-state index contributed by atoms with van der Waals surface area (Å²) < 4.78 is 12.1. The van der Waals surface area contributed by atoms with Gasteiger partial charge in [-0.2, -0.15) is 0 Å². The number of rotatable bonds is 7. The van der Waals surface area contributed by atoms with E-state index in [-0.39, 0.29) is 5.78 Å². The second-order valence-corrected chi connectivity index (χ2v) is 9.42. The third-order valence-electron chi connectivity index (χ3n) is 6.06. The van der Waals surface area contributed by atoms with Crippen LogP contribution in [0.15, 0.2) is 42.5 Å².